The fourth-order valence-corrected chi connectivity index (χ4v) is 1.16. The average Bonchev–Trinajstić information content (AvgIpc) is 2.14. The number of ether oxygens (including phenoxy) is 2. The molecule has 0 radical (unpaired) electrons. The van der Waals surface area contributed by atoms with Gasteiger partial charge < -0.3 is 14.8 Å². The van der Waals surface area contributed by atoms with Crippen molar-refractivity contribution in [1.82, 2.24) is 5.32 Å². The van der Waals surface area contributed by atoms with E-state index in [0.717, 1.165) is 19.8 Å². The predicted molar refractivity (Wildman–Crippen MR) is 72.6 cm³/mol. The van der Waals surface area contributed by atoms with Gasteiger partial charge in [-0.2, -0.15) is 0 Å². The number of halogens is 1. The Labute approximate surface area is 107 Å². The summed E-state index contributed by atoms with van der Waals surface area (Å²) in [6.07, 6.45) is 3.98. The lowest BCUT2D eigenvalue weighted by molar-refractivity contribution is 0.158. The molecule has 0 atom stereocenters. The van der Waals surface area contributed by atoms with Gasteiger partial charge in [-0.3, -0.25) is 0 Å². The molecule has 0 spiro atoms. The van der Waals surface area contributed by atoms with E-state index in [1.54, 1.807) is 0 Å². The molecule has 0 rings (SSSR count). The first-order valence-electron chi connectivity index (χ1n) is 5.30. The zero-order valence-electron chi connectivity index (χ0n) is 9.88. The maximum atomic E-state index is 5.40. The fourth-order valence-electron chi connectivity index (χ4n) is 0.894. The van der Waals surface area contributed by atoms with Crippen LogP contribution in [0.3, 0.4) is 0 Å². The third kappa shape index (κ3) is 14.4. The summed E-state index contributed by atoms with van der Waals surface area (Å²) < 4.78 is 10.7. The Morgan fingerprint density at radius 1 is 1.20 bits per heavy atom. The number of hydrogen-bond donors (Lipinski definition) is 1. The van der Waals surface area contributed by atoms with Crippen LogP contribution in [0.5, 0.6) is 0 Å². The molecule has 0 saturated heterocycles. The molecule has 3 nitrogen and oxygen atoms in total. The monoisotopic (exact) mass is 327 g/mol. The zero-order chi connectivity index (χ0) is 11.6. The minimum atomic E-state index is 0.145. The van der Waals surface area contributed by atoms with Crippen molar-refractivity contribution >= 4 is 22.6 Å². The van der Waals surface area contributed by atoms with Crippen molar-refractivity contribution in [3.8, 4) is 0 Å². The van der Waals surface area contributed by atoms with Crippen molar-refractivity contribution < 1.29 is 9.47 Å². The lowest BCUT2D eigenvalue weighted by atomic mass is 10.4. The van der Waals surface area contributed by atoms with E-state index < -0.39 is 0 Å². The second-order valence-corrected chi connectivity index (χ2v) is 6.30. The molecular formula is C11H22INO2. The summed E-state index contributed by atoms with van der Waals surface area (Å²) in [6, 6.07) is 0. The highest BCUT2D eigenvalue weighted by Crippen LogP contribution is 2.10. The van der Waals surface area contributed by atoms with Crippen molar-refractivity contribution in [3.05, 3.63) is 12.2 Å². The summed E-state index contributed by atoms with van der Waals surface area (Å²) in [4.78, 5) is 0. The van der Waals surface area contributed by atoms with Crippen molar-refractivity contribution in [2.45, 2.75) is 24.3 Å². The first kappa shape index (κ1) is 15.3. The third-order valence-electron chi connectivity index (χ3n) is 1.59. The van der Waals surface area contributed by atoms with Gasteiger partial charge in [0.05, 0.1) is 23.4 Å². The van der Waals surface area contributed by atoms with Crippen LogP contribution in [0.2, 0.25) is 0 Å². The smallest absolute Gasteiger partial charge is 0.0649 e. The molecule has 1 N–H and O–H groups in total. The van der Waals surface area contributed by atoms with Gasteiger partial charge in [0.25, 0.3) is 0 Å². The molecule has 0 aliphatic carbocycles. The molecule has 0 unspecified atom stereocenters. The molecule has 4 heteroatoms. The van der Waals surface area contributed by atoms with Crippen molar-refractivity contribution in [2.75, 3.05) is 33.0 Å². The Morgan fingerprint density at radius 3 is 2.33 bits per heavy atom. The van der Waals surface area contributed by atoms with E-state index >= 15 is 0 Å². The van der Waals surface area contributed by atoms with Gasteiger partial charge in [-0.05, 0) is 20.8 Å². The number of hydrogen-bond acceptors (Lipinski definition) is 3. The molecule has 0 heterocycles. The summed E-state index contributed by atoms with van der Waals surface area (Å²) in [7, 11) is 0. The second-order valence-electron chi connectivity index (χ2n) is 3.61. The normalized spacial score (nSPS) is 12.5. The Kier molecular flexibility index (Phi) is 9.79. The molecule has 0 aliphatic heterocycles. The Hall–Kier alpha value is 0.350. The molecule has 0 bridgehead atoms. The van der Waals surface area contributed by atoms with E-state index in [-0.39, 0.29) is 3.55 Å². The van der Waals surface area contributed by atoms with Crippen LogP contribution in [0.4, 0.5) is 0 Å². The number of alkyl halides is 1. The van der Waals surface area contributed by atoms with Gasteiger partial charge in [0.2, 0.25) is 0 Å². The van der Waals surface area contributed by atoms with Crippen LogP contribution in [0.15, 0.2) is 12.2 Å². The zero-order valence-corrected chi connectivity index (χ0v) is 12.0. The highest BCUT2D eigenvalue weighted by Gasteiger charge is 2.08. The Bertz CT molecular complexity index is 166. The van der Waals surface area contributed by atoms with E-state index in [9.17, 15) is 0 Å². The first-order valence-corrected chi connectivity index (χ1v) is 6.38. The highest BCUT2D eigenvalue weighted by atomic mass is 127. The third-order valence-corrected chi connectivity index (χ3v) is 1.97. The lowest BCUT2D eigenvalue weighted by Gasteiger charge is -2.17. The largest absolute Gasteiger partial charge is 0.378 e. The molecule has 15 heavy (non-hydrogen) atoms. The lowest BCUT2D eigenvalue weighted by Crippen LogP contribution is -2.35. The predicted octanol–water partition coefficient (Wildman–Crippen LogP) is 2.36. The van der Waals surface area contributed by atoms with Crippen LogP contribution < -0.4 is 5.32 Å². The quantitative estimate of drug-likeness (QED) is 0.232. The fraction of sp³-hybridized carbons (Fsp3) is 0.818. The van der Waals surface area contributed by atoms with Crippen LogP contribution >= 0.6 is 22.6 Å². The van der Waals surface area contributed by atoms with Gasteiger partial charge in [-0.15, -0.1) is 0 Å². The van der Waals surface area contributed by atoms with Gasteiger partial charge in [0.15, 0.2) is 0 Å². The van der Waals surface area contributed by atoms with Crippen LogP contribution in [0.1, 0.15) is 20.8 Å². The van der Waals surface area contributed by atoms with Gasteiger partial charge >= 0.3 is 0 Å². The molecular weight excluding hydrogens is 305 g/mol. The van der Waals surface area contributed by atoms with Gasteiger partial charge in [-0.25, -0.2) is 0 Å². The molecule has 0 aromatic carbocycles. The molecule has 0 aromatic rings. The van der Waals surface area contributed by atoms with Crippen molar-refractivity contribution in [3.63, 3.8) is 0 Å². The van der Waals surface area contributed by atoms with Crippen LogP contribution in [-0.2, 0) is 9.47 Å². The van der Waals surface area contributed by atoms with E-state index in [0.29, 0.717) is 13.2 Å². The summed E-state index contributed by atoms with van der Waals surface area (Å²) in [5, 5.41) is 3.35. The van der Waals surface area contributed by atoms with Crippen molar-refractivity contribution in [2.24, 2.45) is 0 Å². The minimum absolute atomic E-state index is 0.145. The Balaban J connectivity index is 3.15. The number of nitrogens with one attached hydrogen (secondary N) is 1. The minimum Gasteiger partial charge on any atom is -0.378 e. The van der Waals surface area contributed by atoms with Gasteiger partial charge in [0.1, 0.15) is 0 Å². The summed E-state index contributed by atoms with van der Waals surface area (Å²) in [5.74, 6) is 0. The summed E-state index contributed by atoms with van der Waals surface area (Å²) >= 11 is 2.36. The van der Waals surface area contributed by atoms with E-state index in [1.165, 1.54) is 0 Å². The second kappa shape index (κ2) is 9.57. The molecule has 0 amide bonds. The van der Waals surface area contributed by atoms with Crippen molar-refractivity contribution in [1.29, 1.82) is 0 Å². The van der Waals surface area contributed by atoms with Gasteiger partial charge in [0, 0.05) is 13.2 Å². The van der Waals surface area contributed by atoms with Crippen LogP contribution in [0, 0.1) is 0 Å². The van der Waals surface area contributed by atoms with Gasteiger partial charge in [-0.1, -0.05) is 34.7 Å². The van der Waals surface area contributed by atoms with E-state index in [2.05, 4.69) is 41.8 Å². The highest BCUT2D eigenvalue weighted by molar-refractivity contribution is 14.1. The SMILES string of the molecule is CCOC/C=C\COCCNC(C)(C)I. The molecule has 0 saturated carbocycles. The molecule has 0 aliphatic rings. The summed E-state index contributed by atoms with van der Waals surface area (Å²) in [6.45, 7) is 9.99. The maximum Gasteiger partial charge on any atom is 0.0649 e. The Morgan fingerprint density at radius 2 is 1.80 bits per heavy atom. The summed E-state index contributed by atoms with van der Waals surface area (Å²) in [5.41, 5.74) is 0. The topological polar surface area (TPSA) is 30.5 Å². The van der Waals surface area contributed by atoms with Crippen LogP contribution in [-0.4, -0.2) is 36.5 Å². The van der Waals surface area contributed by atoms with E-state index in [4.69, 9.17) is 9.47 Å². The van der Waals surface area contributed by atoms with E-state index in [1.807, 2.05) is 19.1 Å². The number of rotatable bonds is 9. The molecule has 0 aromatic heterocycles. The first-order chi connectivity index (χ1) is 7.06. The maximum absolute atomic E-state index is 5.40. The average molecular weight is 327 g/mol. The molecule has 0 fully saturated rings. The molecule has 90 valence electrons. The van der Waals surface area contributed by atoms with Crippen LogP contribution in [0.25, 0.3) is 0 Å². The standard InChI is InChI=1S/C11H22INO2/c1-4-14-8-5-6-9-15-10-7-13-11(2,3)12/h5-6,13H,4,7-10H2,1-3H3/b6-5-.